The van der Waals surface area contributed by atoms with Gasteiger partial charge in [0.1, 0.15) is 5.75 Å². The predicted octanol–water partition coefficient (Wildman–Crippen LogP) is 2.05. The lowest BCUT2D eigenvalue weighted by Gasteiger charge is -2.39. The lowest BCUT2D eigenvalue weighted by molar-refractivity contribution is 0.136. The summed E-state index contributed by atoms with van der Waals surface area (Å²) in [6, 6.07) is 9.58. The van der Waals surface area contributed by atoms with Gasteiger partial charge < -0.3 is 10.1 Å². The molecule has 2 rings (SSSR count). The maximum atomic E-state index is 5.46. The Morgan fingerprint density at radius 2 is 2.00 bits per heavy atom. The maximum absolute atomic E-state index is 5.46. The molecule has 3 nitrogen and oxygen atoms in total. The molecule has 0 aromatic heterocycles. The Bertz CT molecular complexity index is 346. The van der Waals surface area contributed by atoms with Crippen LogP contribution in [0.2, 0.25) is 0 Å². The standard InChI is InChI=1S/C14H22N2O/c1-4-17-14-7-5-12(6-8-14)11(2)16(3)13-9-15-10-13/h5-8,11,13,15H,4,9-10H2,1-3H3. The van der Waals surface area contributed by atoms with E-state index in [0.717, 1.165) is 25.4 Å². The summed E-state index contributed by atoms with van der Waals surface area (Å²) < 4.78 is 5.46. The van der Waals surface area contributed by atoms with Crippen molar-refractivity contribution in [1.29, 1.82) is 0 Å². The fourth-order valence-electron chi connectivity index (χ4n) is 2.12. The van der Waals surface area contributed by atoms with Crippen molar-refractivity contribution in [3.05, 3.63) is 29.8 Å². The summed E-state index contributed by atoms with van der Waals surface area (Å²) in [4.78, 5) is 2.44. The summed E-state index contributed by atoms with van der Waals surface area (Å²) in [5.41, 5.74) is 1.35. The Kier molecular flexibility index (Phi) is 4.02. The Morgan fingerprint density at radius 1 is 1.35 bits per heavy atom. The van der Waals surface area contributed by atoms with Gasteiger partial charge in [-0.15, -0.1) is 0 Å². The summed E-state index contributed by atoms with van der Waals surface area (Å²) in [7, 11) is 2.20. The minimum Gasteiger partial charge on any atom is -0.494 e. The van der Waals surface area contributed by atoms with Crippen LogP contribution in [0.15, 0.2) is 24.3 Å². The van der Waals surface area contributed by atoms with Crippen molar-refractivity contribution in [3.63, 3.8) is 0 Å². The molecule has 1 unspecified atom stereocenters. The minimum absolute atomic E-state index is 0.456. The van der Waals surface area contributed by atoms with Crippen LogP contribution in [-0.4, -0.2) is 37.7 Å². The highest BCUT2D eigenvalue weighted by Gasteiger charge is 2.25. The molecule has 1 aromatic rings. The normalized spacial score (nSPS) is 17.9. The number of likely N-dealkylation sites (N-methyl/N-ethyl adjacent to an activating group) is 1. The fraction of sp³-hybridized carbons (Fsp3) is 0.571. The maximum Gasteiger partial charge on any atom is 0.119 e. The molecule has 1 saturated heterocycles. The number of rotatable bonds is 5. The van der Waals surface area contributed by atoms with Crippen molar-refractivity contribution in [2.75, 3.05) is 26.7 Å². The minimum atomic E-state index is 0.456. The molecule has 0 bridgehead atoms. The molecule has 1 aliphatic heterocycles. The molecule has 1 atom stereocenters. The van der Waals surface area contributed by atoms with Crippen LogP contribution in [0.25, 0.3) is 0 Å². The molecule has 0 aliphatic carbocycles. The molecule has 1 aromatic carbocycles. The highest BCUT2D eigenvalue weighted by atomic mass is 16.5. The van der Waals surface area contributed by atoms with Gasteiger partial charge in [-0.3, -0.25) is 4.90 Å². The van der Waals surface area contributed by atoms with Crippen LogP contribution in [0, 0.1) is 0 Å². The summed E-state index contributed by atoms with van der Waals surface area (Å²) in [6.45, 7) is 7.21. The van der Waals surface area contributed by atoms with Crippen molar-refractivity contribution in [2.45, 2.75) is 25.9 Å². The summed E-state index contributed by atoms with van der Waals surface area (Å²) in [5, 5.41) is 3.31. The summed E-state index contributed by atoms with van der Waals surface area (Å²) in [5.74, 6) is 0.955. The first-order valence-electron chi connectivity index (χ1n) is 6.37. The van der Waals surface area contributed by atoms with Gasteiger partial charge >= 0.3 is 0 Å². The van der Waals surface area contributed by atoms with E-state index in [1.165, 1.54) is 5.56 Å². The van der Waals surface area contributed by atoms with Crippen LogP contribution in [0.1, 0.15) is 25.5 Å². The molecular weight excluding hydrogens is 212 g/mol. The van der Waals surface area contributed by atoms with E-state index >= 15 is 0 Å². The van der Waals surface area contributed by atoms with Crippen LogP contribution in [0.4, 0.5) is 0 Å². The van der Waals surface area contributed by atoms with Gasteiger partial charge in [0.15, 0.2) is 0 Å². The Morgan fingerprint density at radius 3 is 2.47 bits per heavy atom. The van der Waals surface area contributed by atoms with Crippen LogP contribution in [-0.2, 0) is 0 Å². The van der Waals surface area contributed by atoms with E-state index in [2.05, 4.69) is 48.5 Å². The Hall–Kier alpha value is -1.06. The first-order valence-corrected chi connectivity index (χ1v) is 6.37. The lowest BCUT2D eigenvalue weighted by atomic mass is 10.0. The SMILES string of the molecule is CCOc1ccc(C(C)N(C)C2CNC2)cc1. The van der Waals surface area contributed by atoms with Crippen molar-refractivity contribution >= 4 is 0 Å². The van der Waals surface area contributed by atoms with E-state index in [1.54, 1.807) is 0 Å². The molecule has 17 heavy (non-hydrogen) atoms. The Balaban J connectivity index is 2.00. The second-order valence-corrected chi connectivity index (χ2v) is 4.66. The number of hydrogen-bond donors (Lipinski definition) is 1. The Labute approximate surface area is 104 Å². The first-order chi connectivity index (χ1) is 8.22. The zero-order valence-corrected chi connectivity index (χ0v) is 10.9. The second kappa shape index (κ2) is 5.52. The van der Waals surface area contributed by atoms with Gasteiger partial charge in [0, 0.05) is 25.2 Å². The molecule has 1 aliphatic rings. The molecule has 3 heteroatoms. The molecule has 1 N–H and O–H groups in total. The third-order valence-electron chi connectivity index (χ3n) is 3.62. The topological polar surface area (TPSA) is 24.5 Å². The smallest absolute Gasteiger partial charge is 0.119 e. The third-order valence-corrected chi connectivity index (χ3v) is 3.62. The molecule has 1 fully saturated rings. The van der Waals surface area contributed by atoms with Crippen LogP contribution in [0.3, 0.4) is 0 Å². The average molecular weight is 234 g/mol. The van der Waals surface area contributed by atoms with Gasteiger partial charge in [0.2, 0.25) is 0 Å². The van der Waals surface area contributed by atoms with E-state index in [-0.39, 0.29) is 0 Å². The second-order valence-electron chi connectivity index (χ2n) is 4.66. The quantitative estimate of drug-likeness (QED) is 0.844. The molecule has 0 amide bonds. The molecule has 0 radical (unpaired) electrons. The van der Waals surface area contributed by atoms with Gasteiger partial charge in [-0.05, 0) is 38.6 Å². The van der Waals surface area contributed by atoms with E-state index in [0.29, 0.717) is 12.1 Å². The van der Waals surface area contributed by atoms with E-state index in [1.807, 2.05) is 6.92 Å². The number of nitrogens with zero attached hydrogens (tertiary/aromatic N) is 1. The lowest BCUT2D eigenvalue weighted by Crippen LogP contribution is -2.56. The van der Waals surface area contributed by atoms with Crippen LogP contribution >= 0.6 is 0 Å². The first kappa shape index (κ1) is 12.4. The summed E-state index contributed by atoms with van der Waals surface area (Å²) in [6.07, 6.45) is 0. The number of ether oxygens (including phenoxy) is 1. The molecule has 1 heterocycles. The third kappa shape index (κ3) is 2.79. The van der Waals surface area contributed by atoms with Gasteiger partial charge in [-0.2, -0.15) is 0 Å². The van der Waals surface area contributed by atoms with Crippen molar-refractivity contribution in [2.24, 2.45) is 0 Å². The van der Waals surface area contributed by atoms with E-state index in [9.17, 15) is 0 Å². The number of benzene rings is 1. The monoisotopic (exact) mass is 234 g/mol. The van der Waals surface area contributed by atoms with Crippen molar-refractivity contribution in [3.8, 4) is 5.75 Å². The van der Waals surface area contributed by atoms with Crippen LogP contribution < -0.4 is 10.1 Å². The predicted molar refractivity (Wildman–Crippen MR) is 70.4 cm³/mol. The van der Waals surface area contributed by atoms with Gasteiger partial charge in [-0.1, -0.05) is 12.1 Å². The van der Waals surface area contributed by atoms with Gasteiger partial charge in [0.25, 0.3) is 0 Å². The van der Waals surface area contributed by atoms with Gasteiger partial charge in [-0.25, -0.2) is 0 Å². The highest BCUT2D eigenvalue weighted by molar-refractivity contribution is 5.29. The fourth-order valence-corrected chi connectivity index (χ4v) is 2.12. The number of nitrogens with one attached hydrogen (secondary N) is 1. The molecule has 0 saturated carbocycles. The molecule has 0 spiro atoms. The van der Waals surface area contributed by atoms with Gasteiger partial charge in [0.05, 0.1) is 6.61 Å². The number of hydrogen-bond acceptors (Lipinski definition) is 3. The zero-order valence-electron chi connectivity index (χ0n) is 10.9. The van der Waals surface area contributed by atoms with Crippen molar-refractivity contribution in [1.82, 2.24) is 10.2 Å². The zero-order chi connectivity index (χ0) is 12.3. The van der Waals surface area contributed by atoms with Crippen LogP contribution in [0.5, 0.6) is 5.75 Å². The largest absolute Gasteiger partial charge is 0.494 e. The van der Waals surface area contributed by atoms with Crippen molar-refractivity contribution < 1.29 is 4.74 Å². The average Bonchev–Trinajstić information content (AvgIpc) is 2.27. The summed E-state index contributed by atoms with van der Waals surface area (Å²) >= 11 is 0. The molecule has 94 valence electrons. The van der Waals surface area contributed by atoms with E-state index in [4.69, 9.17) is 4.74 Å². The molecular formula is C14H22N2O. The highest BCUT2D eigenvalue weighted by Crippen LogP contribution is 2.24. The van der Waals surface area contributed by atoms with E-state index < -0.39 is 0 Å².